The van der Waals surface area contributed by atoms with Gasteiger partial charge in [-0.05, 0) is 5.56 Å². The molecule has 1 aromatic rings. The fourth-order valence-electron chi connectivity index (χ4n) is 0.959. The van der Waals surface area contributed by atoms with Gasteiger partial charge in [0.1, 0.15) is 6.10 Å². The van der Waals surface area contributed by atoms with Crippen molar-refractivity contribution < 1.29 is 17.7 Å². The Morgan fingerprint density at radius 1 is 1.36 bits per heavy atom. The zero-order valence-electron chi connectivity index (χ0n) is 7.75. The van der Waals surface area contributed by atoms with Crippen LogP contribution in [0.25, 0.3) is 0 Å². The van der Waals surface area contributed by atoms with Gasteiger partial charge in [0.15, 0.2) is 0 Å². The first-order valence-electron chi connectivity index (χ1n) is 4.06. The van der Waals surface area contributed by atoms with E-state index in [0.717, 1.165) is 6.26 Å². The minimum atomic E-state index is -3.49. The van der Waals surface area contributed by atoms with Gasteiger partial charge in [-0.25, -0.2) is 0 Å². The molecule has 0 aromatic heterocycles. The van der Waals surface area contributed by atoms with Crippen LogP contribution in [0.2, 0.25) is 0 Å². The lowest BCUT2D eigenvalue weighted by Gasteiger charge is -2.09. The van der Waals surface area contributed by atoms with Crippen molar-refractivity contribution in [3.63, 3.8) is 0 Å². The Labute approximate surface area is 83.3 Å². The van der Waals surface area contributed by atoms with Gasteiger partial charge >= 0.3 is 0 Å². The van der Waals surface area contributed by atoms with Crippen molar-refractivity contribution in [2.75, 3.05) is 12.9 Å². The van der Waals surface area contributed by atoms with E-state index in [-0.39, 0.29) is 6.61 Å². The molecule has 14 heavy (non-hydrogen) atoms. The smallest absolute Gasteiger partial charge is 0.264 e. The Kier molecular flexibility index (Phi) is 3.62. The van der Waals surface area contributed by atoms with Crippen LogP contribution in [0.3, 0.4) is 0 Å². The molecular weight excluding hydrogens is 204 g/mol. The van der Waals surface area contributed by atoms with Crippen LogP contribution in [-0.2, 0) is 14.3 Å². The van der Waals surface area contributed by atoms with Gasteiger partial charge in [-0.15, -0.1) is 0 Å². The summed E-state index contributed by atoms with van der Waals surface area (Å²) in [6, 6.07) is 8.75. The van der Waals surface area contributed by atoms with Crippen molar-refractivity contribution in [3.8, 4) is 0 Å². The third kappa shape index (κ3) is 3.87. The van der Waals surface area contributed by atoms with Gasteiger partial charge in [0.05, 0.1) is 12.9 Å². The van der Waals surface area contributed by atoms with Crippen molar-refractivity contribution in [3.05, 3.63) is 35.9 Å². The molecule has 0 saturated heterocycles. The summed E-state index contributed by atoms with van der Waals surface area (Å²) in [6.07, 6.45) is 0.0379. The van der Waals surface area contributed by atoms with Crippen LogP contribution < -0.4 is 0 Å². The molecule has 0 spiro atoms. The van der Waals surface area contributed by atoms with E-state index in [1.165, 1.54) is 0 Å². The zero-order chi connectivity index (χ0) is 10.6. The third-order valence-corrected chi connectivity index (χ3v) is 2.19. The average Bonchev–Trinajstić information content (AvgIpc) is 2.14. The highest BCUT2D eigenvalue weighted by molar-refractivity contribution is 7.85. The molecule has 1 atom stereocenters. The normalized spacial score (nSPS) is 13.9. The highest BCUT2D eigenvalue weighted by Crippen LogP contribution is 2.12. The molecule has 1 rings (SSSR count). The fraction of sp³-hybridized carbons (Fsp3) is 0.333. The summed E-state index contributed by atoms with van der Waals surface area (Å²) in [4.78, 5) is 0. The fourth-order valence-corrected chi connectivity index (χ4v) is 1.34. The molecule has 0 fully saturated rings. The Balaban J connectivity index is 2.56. The lowest BCUT2D eigenvalue weighted by atomic mass is 10.1. The maximum absolute atomic E-state index is 10.6. The largest absolute Gasteiger partial charge is 0.386 e. The van der Waals surface area contributed by atoms with Crippen LogP contribution in [0, 0.1) is 0 Å². The van der Waals surface area contributed by atoms with E-state index < -0.39 is 16.2 Å². The second kappa shape index (κ2) is 4.54. The lowest BCUT2D eigenvalue weighted by Crippen LogP contribution is -2.11. The summed E-state index contributed by atoms with van der Waals surface area (Å²) in [5, 5.41) is 9.49. The summed E-state index contributed by atoms with van der Waals surface area (Å²) < 4.78 is 25.7. The molecule has 5 heteroatoms. The molecule has 0 radical (unpaired) electrons. The van der Waals surface area contributed by atoms with Gasteiger partial charge in [-0.3, -0.25) is 4.18 Å². The topological polar surface area (TPSA) is 63.6 Å². The molecule has 0 unspecified atom stereocenters. The minimum Gasteiger partial charge on any atom is -0.386 e. The zero-order valence-corrected chi connectivity index (χ0v) is 8.57. The second-order valence-electron chi connectivity index (χ2n) is 2.92. The highest BCUT2D eigenvalue weighted by Gasteiger charge is 2.10. The first-order chi connectivity index (χ1) is 6.49. The predicted molar refractivity (Wildman–Crippen MR) is 52.2 cm³/mol. The third-order valence-electron chi connectivity index (χ3n) is 1.62. The SMILES string of the molecule is CS(=O)(=O)OC[C@H](O)c1ccccc1. The van der Waals surface area contributed by atoms with Crippen molar-refractivity contribution in [1.82, 2.24) is 0 Å². The van der Waals surface area contributed by atoms with Gasteiger partial charge in [-0.1, -0.05) is 30.3 Å². The Hall–Kier alpha value is -0.910. The van der Waals surface area contributed by atoms with Gasteiger partial charge in [0.25, 0.3) is 10.1 Å². The van der Waals surface area contributed by atoms with Crippen LogP contribution in [0.4, 0.5) is 0 Å². The molecule has 4 nitrogen and oxygen atoms in total. The standard InChI is InChI=1S/C9H12O4S/c1-14(11,12)13-7-9(10)8-5-3-2-4-6-8/h2-6,9-10H,7H2,1H3/t9-/m0/s1. The predicted octanol–water partition coefficient (Wildman–Crippen LogP) is 0.696. The minimum absolute atomic E-state index is 0.247. The maximum atomic E-state index is 10.6. The Morgan fingerprint density at radius 3 is 2.43 bits per heavy atom. The van der Waals surface area contributed by atoms with Crippen LogP contribution >= 0.6 is 0 Å². The second-order valence-corrected chi connectivity index (χ2v) is 4.56. The summed E-state index contributed by atoms with van der Waals surface area (Å²) >= 11 is 0. The van der Waals surface area contributed by atoms with Gasteiger partial charge < -0.3 is 5.11 Å². The summed E-state index contributed by atoms with van der Waals surface area (Å²) in [5.74, 6) is 0. The average molecular weight is 216 g/mol. The summed E-state index contributed by atoms with van der Waals surface area (Å²) in [7, 11) is -3.49. The van der Waals surface area contributed by atoms with Crippen molar-refractivity contribution in [1.29, 1.82) is 0 Å². The Morgan fingerprint density at radius 2 is 1.93 bits per heavy atom. The number of benzene rings is 1. The van der Waals surface area contributed by atoms with E-state index in [1.807, 2.05) is 6.07 Å². The van der Waals surface area contributed by atoms with Crippen molar-refractivity contribution in [2.45, 2.75) is 6.10 Å². The number of hydrogen-bond acceptors (Lipinski definition) is 4. The number of hydrogen-bond donors (Lipinski definition) is 1. The van der Waals surface area contributed by atoms with E-state index >= 15 is 0 Å². The monoisotopic (exact) mass is 216 g/mol. The molecule has 78 valence electrons. The van der Waals surface area contributed by atoms with E-state index in [2.05, 4.69) is 4.18 Å². The van der Waals surface area contributed by atoms with Gasteiger partial charge in [-0.2, -0.15) is 8.42 Å². The summed E-state index contributed by atoms with van der Waals surface area (Å²) in [5.41, 5.74) is 0.635. The molecule has 0 saturated carbocycles. The van der Waals surface area contributed by atoms with Crippen molar-refractivity contribution >= 4 is 10.1 Å². The van der Waals surface area contributed by atoms with Gasteiger partial charge in [0, 0.05) is 0 Å². The lowest BCUT2D eigenvalue weighted by molar-refractivity contribution is 0.112. The van der Waals surface area contributed by atoms with E-state index in [4.69, 9.17) is 0 Å². The first-order valence-corrected chi connectivity index (χ1v) is 5.88. The molecule has 0 heterocycles. The molecule has 0 aliphatic heterocycles. The molecule has 0 amide bonds. The molecule has 1 aromatic carbocycles. The molecule has 0 aliphatic carbocycles. The van der Waals surface area contributed by atoms with Crippen LogP contribution in [0.5, 0.6) is 0 Å². The maximum Gasteiger partial charge on any atom is 0.264 e. The van der Waals surface area contributed by atoms with Gasteiger partial charge in [0.2, 0.25) is 0 Å². The number of aliphatic hydroxyl groups excluding tert-OH is 1. The Bertz CT molecular complexity index is 371. The van der Waals surface area contributed by atoms with E-state index in [0.29, 0.717) is 5.56 Å². The van der Waals surface area contributed by atoms with Crippen LogP contribution in [0.15, 0.2) is 30.3 Å². The highest BCUT2D eigenvalue weighted by atomic mass is 32.2. The van der Waals surface area contributed by atoms with Crippen LogP contribution in [-0.4, -0.2) is 26.4 Å². The quantitative estimate of drug-likeness (QED) is 0.752. The number of aliphatic hydroxyl groups is 1. The molecule has 0 aliphatic rings. The van der Waals surface area contributed by atoms with E-state index in [9.17, 15) is 13.5 Å². The van der Waals surface area contributed by atoms with Crippen LogP contribution in [0.1, 0.15) is 11.7 Å². The van der Waals surface area contributed by atoms with E-state index in [1.54, 1.807) is 24.3 Å². The van der Waals surface area contributed by atoms with Crippen molar-refractivity contribution in [2.24, 2.45) is 0 Å². The number of rotatable bonds is 4. The summed E-state index contributed by atoms with van der Waals surface area (Å²) in [6.45, 7) is -0.247. The first kappa shape index (κ1) is 11.2. The molecule has 1 N–H and O–H groups in total. The molecule has 0 bridgehead atoms. The molecular formula is C9H12O4S.